The topological polar surface area (TPSA) is 56.6 Å². The molecule has 0 amide bonds. The number of aromatic nitrogens is 3. The molecular weight excluding hydrogens is 485 g/mol. The molecule has 1 fully saturated rings. The van der Waals surface area contributed by atoms with Gasteiger partial charge in [0, 0.05) is 23.7 Å². The van der Waals surface area contributed by atoms with Crippen molar-refractivity contribution in [3.8, 4) is 16.9 Å². The van der Waals surface area contributed by atoms with Crippen LogP contribution in [0, 0.1) is 18.7 Å². The monoisotopic (exact) mass is 517 g/mol. The Morgan fingerprint density at radius 2 is 1.76 bits per heavy atom. The summed E-state index contributed by atoms with van der Waals surface area (Å²) in [6, 6.07) is 16.2. The summed E-state index contributed by atoms with van der Waals surface area (Å²) in [6.45, 7) is 4.12. The van der Waals surface area contributed by atoms with Crippen LogP contribution in [0.25, 0.3) is 16.9 Å². The van der Waals surface area contributed by atoms with Gasteiger partial charge >= 0.3 is 0 Å². The second kappa shape index (κ2) is 10.8. The van der Waals surface area contributed by atoms with E-state index in [4.69, 9.17) is 10.1 Å². The summed E-state index contributed by atoms with van der Waals surface area (Å²) in [7, 11) is 1.85. The van der Waals surface area contributed by atoms with Crippen LogP contribution >= 0.6 is 11.3 Å². The maximum absolute atomic E-state index is 14.8. The molecule has 2 heterocycles. The lowest BCUT2D eigenvalue weighted by atomic mass is 9.85. The fourth-order valence-electron chi connectivity index (χ4n) is 5.06. The highest BCUT2D eigenvalue weighted by atomic mass is 32.1. The zero-order valence-corrected chi connectivity index (χ0v) is 22.3. The predicted molar refractivity (Wildman–Crippen MR) is 148 cm³/mol. The number of benzene rings is 2. The summed E-state index contributed by atoms with van der Waals surface area (Å²) in [5.41, 5.74) is 3.87. The van der Waals surface area contributed by atoms with Crippen LogP contribution in [-0.4, -0.2) is 19.8 Å². The third-order valence-electron chi connectivity index (χ3n) is 7.19. The van der Waals surface area contributed by atoms with Crippen LogP contribution in [0.5, 0.6) is 0 Å². The minimum Gasteiger partial charge on any atom is -0.283 e. The van der Waals surface area contributed by atoms with Crippen LogP contribution in [-0.2, 0) is 7.05 Å². The molecule has 37 heavy (non-hydrogen) atoms. The van der Waals surface area contributed by atoms with Crippen LogP contribution in [0.2, 0.25) is 0 Å². The highest BCUT2D eigenvalue weighted by molar-refractivity contribution is 7.07. The third-order valence-corrected chi connectivity index (χ3v) is 8.00. The molecule has 1 saturated carbocycles. The molecule has 2 aromatic heterocycles. The van der Waals surface area contributed by atoms with Gasteiger partial charge in [0.2, 0.25) is 4.80 Å². The summed E-state index contributed by atoms with van der Waals surface area (Å²) >= 11 is 1.37. The molecule has 192 valence electrons. The maximum atomic E-state index is 14.8. The van der Waals surface area contributed by atoms with E-state index in [-0.39, 0.29) is 11.4 Å². The van der Waals surface area contributed by atoms with Gasteiger partial charge in [0.25, 0.3) is 5.56 Å². The lowest BCUT2D eigenvalue weighted by molar-refractivity contribution is 0.407. The predicted octanol–water partition coefficient (Wildman–Crippen LogP) is 6.58. The summed E-state index contributed by atoms with van der Waals surface area (Å²) < 4.78 is 20.0. The Morgan fingerprint density at radius 3 is 2.46 bits per heavy atom. The standard InChI is InChI=1S/C29H32FN5OS/c1-4-10-21-15-17-22(18-16-21)32-34-26(24-13-8-9-14-25(24)30)19-37-29(34)31-27-20(2)33(3)35(28(27)36)23-11-6-5-7-12-23/h5-9,11-14,19,21H,4,10,15-18H2,1-3H3. The molecule has 2 aromatic carbocycles. The van der Waals surface area contributed by atoms with Gasteiger partial charge in [-0.3, -0.25) is 9.48 Å². The van der Waals surface area contributed by atoms with Gasteiger partial charge < -0.3 is 0 Å². The van der Waals surface area contributed by atoms with E-state index in [0.717, 1.165) is 48.7 Å². The molecule has 0 bridgehead atoms. The van der Waals surface area contributed by atoms with Crippen molar-refractivity contribution in [3.05, 3.63) is 86.6 Å². The minimum atomic E-state index is -0.310. The third kappa shape index (κ3) is 5.03. The Kier molecular flexibility index (Phi) is 7.37. The Hall–Kier alpha value is -3.52. The van der Waals surface area contributed by atoms with E-state index in [1.165, 1.54) is 30.2 Å². The number of hydrogen-bond donors (Lipinski definition) is 0. The second-order valence-corrected chi connectivity index (χ2v) is 10.5. The van der Waals surface area contributed by atoms with E-state index < -0.39 is 0 Å². The van der Waals surface area contributed by atoms with Crippen molar-refractivity contribution >= 4 is 22.7 Å². The Labute approximate surface area is 220 Å². The van der Waals surface area contributed by atoms with Crippen molar-refractivity contribution in [1.29, 1.82) is 0 Å². The lowest BCUT2D eigenvalue weighted by Crippen LogP contribution is -2.20. The number of thiazole rings is 1. The molecule has 0 N–H and O–H groups in total. The number of halogens is 1. The molecule has 0 spiro atoms. The van der Waals surface area contributed by atoms with Crippen LogP contribution in [0.15, 0.2) is 74.9 Å². The zero-order valence-electron chi connectivity index (χ0n) is 21.5. The molecule has 4 aromatic rings. The summed E-state index contributed by atoms with van der Waals surface area (Å²) in [4.78, 5) is 18.9. The summed E-state index contributed by atoms with van der Waals surface area (Å²) in [5, 5.41) is 6.87. The van der Waals surface area contributed by atoms with Crippen LogP contribution < -0.4 is 10.4 Å². The molecule has 0 saturated heterocycles. The van der Waals surface area contributed by atoms with Gasteiger partial charge in [0.1, 0.15) is 5.82 Å². The Bertz CT molecular complexity index is 1550. The molecule has 5 rings (SSSR count). The quantitative estimate of drug-likeness (QED) is 0.285. The van der Waals surface area contributed by atoms with Crippen LogP contribution in [0.1, 0.15) is 51.1 Å². The highest BCUT2D eigenvalue weighted by Gasteiger charge is 2.20. The van der Waals surface area contributed by atoms with E-state index >= 15 is 0 Å². The van der Waals surface area contributed by atoms with Gasteiger partial charge in [0.05, 0.1) is 17.1 Å². The van der Waals surface area contributed by atoms with E-state index in [1.807, 2.05) is 60.4 Å². The molecular formula is C29H32FN5OS. The van der Waals surface area contributed by atoms with Gasteiger partial charge in [0.15, 0.2) is 5.69 Å². The fourth-order valence-corrected chi connectivity index (χ4v) is 5.88. The lowest BCUT2D eigenvalue weighted by Gasteiger charge is -2.22. The first-order chi connectivity index (χ1) is 18.0. The van der Waals surface area contributed by atoms with Crippen molar-refractivity contribution in [2.24, 2.45) is 23.1 Å². The minimum absolute atomic E-state index is 0.202. The molecule has 1 aliphatic carbocycles. The van der Waals surface area contributed by atoms with Gasteiger partial charge in [-0.2, -0.15) is 5.10 Å². The highest BCUT2D eigenvalue weighted by Crippen LogP contribution is 2.28. The maximum Gasteiger partial charge on any atom is 0.297 e. The molecule has 0 radical (unpaired) electrons. The smallest absolute Gasteiger partial charge is 0.283 e. The largest absolute Gasteiger partial charge is 0.297 e. The van der Waals surface area contributed by atoms with Crippen molar-refractivity contribution in [3.63, 3.8) is 0 Å². The normalized spacial score (nSPS) is 16.4. The van der Waals surface area contributed by atoms with Crippen molar-refractivity contribution in [2.45, 2.75) is 52.4 Å². The average Bonchev–Trinajstić information content (AvgIpc) is 3.39. The molecule has 0 aliphatic heterocycles. The van der Waals surface area contributed by atoms with Gasteiger partial charge in [-0.05, 0) is 62.8 Å². The van der Waals surface area contributed by atoms with E-state index in [2.05, 4.69) is 6.92 Å². The first-order valence-corrected chi connectivity index (χ1v) is 13.8. The van der Waals surface area contributed by atoms with Crippen LogP contribution in [0.4, 0.5) is 10.1 Å². The molecule has 0 atom stereocenters. The van der Waals surface area contributed by atoms with E-state index in [1.54, 1.807) is 21.5 Å². The zero-order chi connectivity index (χ0) is 25.9. The molecule has 6 nitrogen and oxygen atoms in total. The van der Waals surface area contributed by atoms with Gasteiger partial charge in [-0.1, -0.05) is 50.1 Å². The second-order valence-electron chi connectivity index (χ2n) is 9.62. The Balaban J connectivity index is 1.65. The first kappa shape index (κ1) is 25.1. The summed E-state index contributed by atoms with van der Waals surface area (Å²) in [6.07, 6.45) is 6.55. The average molecular weight is 518 g/mol. The molecule has 1 aliphatic rings. The Morgan fingerprint density at radius 1 is 1.05 bits per heavy atom. The van der Waals surface area contributed by atoms with Crippen molar-refractivity contribution in [1.82, 2.24) is 14.0 Å². The van der Waals surface area contributed by atoms with E-state index in [0.29, 0.717) is 21.7 Å². The first-order valence-electron chi connectivity index (χ1n) is 12.9. The molecule has 8 heteroatoms. The summed E-state index contributed by atoms with van der Waals surface area (Å²) in [5.74, 6) is 0.435. The number of nitrogens with zero attached hydrogens (tertiary/aromatic N) is 5. The molecule has 0 unspecified atom stereocenters. The van der Waals surface area contributed by atoms with Crippen molar-refractivity contribution in [2.75, 3.05) is 0 Å². The number of para-hydroxylation sites is 1. The van der Waals surface area contributed by atoms with Gasteiger partial charge in [-0.25, -0.2) is 18.7 Å². The fraction of sp³-hybridized carbons (Fsp3) is 0.345. The van der Waals surface area contributed by atoms with Gasteiger partial charge in [-0.15, -0.1) is 11.3 Å². The van der Waals surface area contributed by atoms with E-state index in [9.17, 15) is 9.18 Å². The number of hydrogen-bond acceptors (Lipinski definition) is 4. The SMILES string of the molecule is CCCC1CCC(=Nn2c(-c3ccccc3F)csc2=Nc2c(C)n(C)n(-c3ccccc3)c2=O)CC1. The van der Waals surface area contributed by atoms with Crippen molar-refractivity contribution < 1.29 is 4.39 Å². The van der Waals surface area contributed by atoms with Crippen LogP contribution in [0.3, 0.4) is 0 Å². The number of rotatable bonds is 6.